The molecule has 2 rings (SSSR count). The molecule has 1 aliphatic heterocycles. The molecule has 1 amide bonds. The van der Waals surface area contributed by atoms with Gasteiger partial charge in [-0.1, -0.05) is 6.92 Å². The van der Waals surface area contributed by atoms with Gasteiger partial charge in [0, 0.05) is 12.5 Å². The Morgan fingerprint density at radius 1 is 1.33 bits per heavy atom. The van der Waals surface area contributed by atoms with E-state index in [1.54, 1.807) is 0 Å². The van der Waals surface area contributed by atoms with Crippen LogP contribution in [0.5, 0.6) is 0 Å². The number of nitrogens with two attached hydrogens (primary N) is 1. The van der Waals surface area contributed by atoms with Gasteiger partial charge in [-0.25, -0.2) is 9.67 Å². The van der Waals surface area contributed by atoms with Gasteiger partial charge in [-0.15, -0.1) is 0 Å². The molecule has 0 bridgehead atoms. The summed E-state index contributed by atoms with van der Waals surface area (Å²) in [6.07, 6.45) is 2.67. The molecular weight excluding hydrogens is 266 g/mol. The molecule has 1 unspecified atom stereocenters. The van der Waals surface area contributed by atoms with E-state index in [9.17, 15) is 4.79 Å². The molecule has 21 heavy (non-hydrogen) atoms. The summed E-state index contributed by atoms with van der Waals surface area (Å²) in [5.41, 5.74) is 5.11. The number of amides is 1. The lowest BCUT2D eigenvalue weighted by molar-refractivity contribution is -0.117. The van der Waals surface area contributed by atoms with Gasteiger partial charge >= 0.3 is 0 Å². The van der Waals surface area contributed by atoms with Gasteiger partial charge in [-0.05, 0) is 46.7 Å². The molecule has 1 aromatic rings. The van der Waals surface area contributed by atoms with Crippen molar-refractivity contribution in [1.82, 2.24) is 19.7 Å². The van der Waals surface area contributed by atoms with E-state index in [4.69, 9.17) is 5.73 Å². The Bertz CT molecular complexity index is 497. The Labute approximate surface area is 126 Å². The van der Waals surface area contributed by atoms with Crippen molar-refractivity contribution in [3.63, 3.8) is 0 Å². The molecule has 1 aromatic heterocycles. The van der Waals surface area contributed by atoms with Crippen molar-refractivity contribution in [2.75, 3.05) is 19.6 Å². The van der Waals surface area contributed by atoms with Crippen molar-refractivity contribution in [3.8, 4) is 0 Å². The van der Waals surface area contributed by atoms with Crippen LogP contribution in [0.1, 0.15) is 58.1 Å². The van der Waals surface area contributed by atoms with Crippen molar-refractivity contribution in [3.05, 3.63) is 11.6 Å². The highest BCUT2D eigenvalue weighted by Crippen LogP contribution is 2.23. The van der Waals surface area contributed by atoms with Crippen molar-refractivity contribution in [2.24, 2.45) is 5.73 Å². The number of primary amides is 1. The van der Waals surface area contributed by atoms with Crippen LogP contribution in [0.15, 0.2) is 0 Å². The largest absolute Gasteiger partial charge is 0.369 e. The number of hydrogen-bond donors (Lipinski definition) is 1. The molecule has 0 saturated carbocycles. The van der Waals surface area contributed by atoms with E-state index in [1.165, 1.54) is 25.9 Å². The Balaban J connectivity index is 2.22. The average molecular weight is 293 g/mol. The van der Waals surface area contributed by atoms with Crippen molar-refractivity contribution in [2.45, 2.75) is 58.4 Å². The number of likely N-dealkylation sites (tertiary alicyclic amines) is 1. The zero-order valence-electron chi connectivity index (χ0n) is 13.6. The average Bonchev–Trinajstić information content (AvgIpc) is 2.96. The van der Waals surface area contributed by atoms with Crippen molar-refractivity contribution in [1.29, 1.82) is 0 Å². The van der Waals surface area contributed by atoms with Crippen LogP contribution < -0.4 is 5.73 Å². The first kappa shape index (κ1) is 15.9. The van der Waals surface area contributed by atoms with Gasteiger partial charge in [-0.3, -0.25) is 4.79 Å². The zero-order chi connectivity index (χ0) is 15.6. The van der Waals surface area contributed by atoms with Crippen LogP contribution in [0.25, 0.3) is 0 Å². The fourth-order valence-corrected chi connectivity index (χ4v) is 2.85. The van der Waals surface area contributed by atoms with E-state index < -0.39 is 0 Å². The number of aromatic nitrogens is 3. The molecule has 0 aliphatic carbocycles. The van der Waals surface area contributed by atoms with Crippen LogP contribution >= 0.6 is 0 Å². The monoisotopic (exact) mass is 293 g/mol. The van der Waals surface area contributed by atoms with Gasteiger partial charge < -0.3 is 10.6 Å². The SMILES string of the molecule is CC(CN1CCCC1)c1nc(CC(N)=O)nn1C(C)(C)C. The maximum absolute atomic E-state index is 11.1. The number of carbonyl (C=O) groups is 1. The van der Waals surface area contributed by atoms with Crippen LogP contribution in [0.3, 0.4) is 0 Å². The van der Waals surface area contributed by atoms with E-state index in [0.29, 0.717) is 5.82 Å². The highest BCUT2D eigenvalue weighted by atomic mass is 16.1. The highest BCUT2D eigenvalue weighted by molar-refractivity contribution is 5.75. The highest BCUT2D eigenvalue weighted by Gasteiger charge is 2.26. The number of hydrogen-bond acceptors (Lipinski definition) is 4. The third kappa shape index (κ3) is 4.03. The van der Waals surface area contributed by atoms with Crippen LogP contribution in [-0.4, -0.2) is 45.2 Å². The van der Waals surface area contributed by atoms with Crippen LogP contribution in [-0.2, 0) is 16.8 Å². The Morgan fingerprint density at radius 3 is 2.48 bits per heavy atom. The molecule has 1 atom stereocenters. The minimum atomic E-state index is -0.389. The van der Waals surface area contributed by atoms with Crippen molar-refractivity contribution >= 4 is 5.91 Å². The predicted octanol–water partition coefficient (Wildman–Crippen LogP) is 1.26. The lowest BCUT2D eigenvalue weighted by Crippen LogP contribution is -2.30. The van der Waals surface area contributed by atoms with Crippen LogP contribution in [0.4, 0.5) is 0 Å². The summed E-state index contributed by atoms with van der Waals surface area (Å²) < 4.78 is 1.95. The van der Waals surface area contributed by atoms with E-state index in [1.807, 2.05) is 4.68 Å². The summed E-state index contributed by atoms with van der Waals surface area (Å²) in [6.45, 7) is 11.8. The number of rotatable bonds is 5. The summed E-state index contributed by atoms with van der Waals surface area (Å²) in [5.74, 6) is 1.38. The van der Waals surface area contributed by atoms with Crippen molar-refractivity contribution < 1.29 is 4.79 Å². The molecule has 0 radical (unpaired) electrons. The molecule has 1 fully saturated rings. The minimum absolute atomic E-state index is 0.104. The zero-order valence-corrected chi connectivity index (χ0v) is 13.6. The molecule has 2 heterocycles. The second-order valence-corrected chi connectivity index (χ2v) is 7.02. The van der Waals surface area contributed by atoms with E-state index >= 15 is 0 Å². The molecule has 6 nitrogen and oxygen atoms in total. The summed E-state index contributed by atoms with van der Waals surface area (Å²) in [6, 6.07) is 0. The fourth-order valence-electron chi connectivity index (χ4n) is 2.85. The quantitative estimate of drug-likeness (QED) is 0.886. The van der Waals surface area contributed by atoms with Gasteiger partial charge in [0.15, 0.2) is 5.82 Å². The van der Waals surface area contributed by atoms with Gasteiger partial charge in [0.2, 0.25) is 5.91 Å². The lowest BCUT2D eigenvalue weighted by atomic mass is 10.1. The number of carbonyl (C=O) groups excluding carboxylic acids is 1. The minimum Gasteiger partial charge on any atom is -0.369 e. The summed E-state index contributed by atoms with van der Waals surface area (Å²) in [5, 5.41) is 4.50. The molecule has 2 N–H and O–H groups in total. The number of nitrogens with zero attached hydrogens (tertiary/aromatic N) is 4. The predicted molar refractivity (Wildman–Crippen MR) is 82.0 cm³/mol. The Kier molecular flexibility index (Phi) is 4.66. The van der Waals surface area contributed by atoms with Crippen LogP contribution in [0.2, 0.25) is 0 Å². The maximum atomic E-state index is 11.1. The van der Waals surface area contributed by atoms with Gasteiger partial charge in [0.25, 0.3) is 0 Å². The summed E-state index contributed by atoms with van der Waals surface area (Å²) in [4.78, 5) is 18.2. The second kappa shape index (κ2) is 6.13. The normalized spacial score (nSPS) is 18.1. The fraction of sp³-hybridized carbons (Fsp3) is 0.800. The van der Waals surface area contributed by atoms with Gasteiger partial charge in [0.1, 0.15) is 5.82 Å². The summed E-state index contributed by atoms with van der Waals surface area (Å²) in [7, 11) is 0. The smallest absolute Gasteiger partial charge is 0.225 e. The standard InChI is InChI=1S/C15H27N5O/c1-11(10-19-7-5-6-8-19)14-17-13(9-12(16)21)18-20(14)15(2,3)4/h11H,5-10H2,1-4H3,(H2,16,21). The molecule has 1 saturated heterocycles. The lowest BCUT2D eigenvalue weighted by Gasteiger charge is -2.25. The molecule has 1 aliphatic rings. The molecule has 0 aromatic carbocycles. The van der Waals surface area contributed by atoms with E-state index in [0.717, 1.165) is 12.4 Å². The molecular formula is C15H27N5O. The molecule has 6 heteroatoms. The third-order valence-electron chi connectivity index (χ3n) is 3.82. The third-order valence-corrected chi connectivity index (χ3v) is 3.82. The molecule has 0 spiro atoms. The maximum Gasteiger partial charge on any atom is 0.225 e. The first-order valence-corrected chi connectivity index (χ1v) is 7.74. The second-order valence-electron chi connectivity index (χ2n) is 7.02. The Hall–Kier alpha value is -1.43. The van der Waals surface area contributed by atoms with Crippen LogP contribution in [0, 0.1) is 0 Å². The molecule has 118 valence electrons. The van der Waals surface area contributed by atoms with E-state index in [-0.39, 0.29) is 23.8 Å². The van der Waals surface area contributed by atoms with E-state index in [2.05, 4.69) is 42.7 Å². The topological polar surface area (TPSA) is 77.0 Å². The Morgan fingerprint density at radius 2 is 1.95 bits per heavy atom. The van der Waals surface area contributed by atoms with Gasteiger partial charge in [0.05, 0.1) is 12.0 Å². The summed E-state index contributed by atoms with van der Waals surface area (Å²) >= 11 is 0. The van der Waals surface area contributed by atoms with Gasteiger partial charge in [-0.2, -0.15) is 5.10 Å². The first-order chi connectivity index (χ1) is 9.77. The first-order valence-electron chi connectivity index (χ1n) is 7.74.